The van der Waals surface area contributed by atoms with Crippen molar-refractivity contribution in [2.45, 2.75) is 50.6 Å². The van der Waals surface area contributed by atoms with Crippen molar-refractivity contribution in [3.05, 3.63) is 42.0 Å². The van der Waals surface area contributed by atoms with Crippen LogP contribution < -0.4 is 0 Å². The van der Waals surface area contributed by atoms with E-state index in [2.05, 4.69) is 15.0 Å². The Morgan fingerprint density at radius 3 is 2.71 bits per heavy atom. The predicted octanol–water partition coefficient (Wildman–Crippen LogP) is 2.56. The summed E-state index contributed by atoms with van der Waals surface area (Å²) in [6.45, 7) is 6.79. The van der Waals surface area contributed by atoms with E-state index >= 15 is 0 Å². The summed E-state index contributed by atoms with van der Waals surface area (Å²) in [7, 11) is -0.923. The summed E-state index contributed by atoms with van der Waals surface area (Å²) >= 11 is 0. The summed E-state index contributed by atoms with van der Waals surface area (Å²) in [5, 5.41) is 4.50. The second-order valence-corrected chi connectivity index (χ2v) is 8.01. The van der Waals surface area contributed by atoms with Crippen LogP contribution in [0.15, 0.2) is 35.2 Å². The van der Waals surface area contributed by atoms with Crippen LogP contribution in [-0.4, -0.2) is 48.8 Å². The molecule has 130 valence electrons. The molecule has 2 heterocycles. The van der Waals surface area contributed by atoms with Gasteiger partial charge < -0.3 is 0 Å². The monoisotopic (exact) mass is 346 g/mol. The standard InChI is InChI=1S/C18H26N4OS/c1-15-19-16(2)22(20-15)14-17-8-6-7-11-21(17)12-13-24(23)18-9-4-3-5-10-18/h3-5,9-10,17H,6-8,11-14H2,1-2H3/t17-,24-/m1/s1. The van der Waals surface area contributed by atoms with Gasteiger partial charge in [-0.3, -0.25) is 9.11 Å². The molecule has 0 amide bonds. The third kappa shape index (κ3) is 4.30. The fraction of sp³-hybridized carbons (Fsp3) is 0.556. The molecule has 0 aliphatic carbocycles. The van der Waals surface area contributed by atoms with E-state index in [1.807, 2.05) is 48.9 Å². The molecule has 0 unspecified atom stereocenters. The van der Waals surface area contributed by atoms with Crippen molar-refractivity contribution in [1.82, 2.24) is 19.7 Å². The lowest BCUT2D eigenvalue weighted by molar-refractivity contribution is 0.137. The van der Waals surface area contributed by atoms with Crippen molar-refractivity contribution in [3.8, 4) is 0 Å². The molecule has 0 spiro atoms. The Bertz CT molecular complexity index is 686. The number of aromatic nitrogens is 3. The van der Waals surface area contributed by atoms with Crippen LogP contribution in [0.1, 0.15) is 30.9 Å². The van der Waals surface area contributed by atoms with Crippen molar-refractivity contribution in [3.63, 3.8) is 0 Å². The second kappa shape index (κ2) is 8.03. The summed E-state index contributed by atoms with van der Waals surface area (Å²) in [5.74, 6) is 2.50. The second-order valence-electron chi connectivity index (χ2n) is 6.44. The molecule has 2 aromatic rings. The van der Waals surface area contributed by atoms with Gasteiger partial charge in [0.1, 0.15) is 11.6 Å². The van der Waals surface area contributed by atoms with Crippen LogP contribution in [-0.2, 0) is 17.3 Å². The van der Waals surface area contributed by atoms with Gasteiger partial charge in [0, 0.05) is 23.2 Å². The van der Waals surface area contributed by atoms with Gasteiger partial charge in [0.15, 0.2) is 0 Å². The SMILES string of the molecule is Cc1nc(C)n(C[C@H]2CCCCN2CC[S@@](=O)c2ccccc2)n1. The molecule has 0 radical (unpaired) electrons. The maximum Gasteiger partial charge on any atom is 0.147 e. The van der Waals surface area contributed by atoms with Crippen molar-refractivity contribution in [2.24, 2.45) is 0 Å². The Balaban J connectivity index is 1.60. The molecule has 1 aromatic heterocycles. The number of hydrogen-bond acceptors (Lipinski definition) is 4. The van der Waals surface area contributed by atoms with E-state index < -0.39 is 10.8 Å². The summed E-state index contributed by atoms with van der Waals surface area (Å²) in [6.07, 6.45) is 3.66. The van der Waals surface area contributed by atoms with Crippen LogP contribution in [0.25, 0.3) is 0 Å². The summed E-state index contributed by atoms with van der Waals surface area (Å²) < 4.78 is 14.5. The zero-order valence-corrected chi connectivity index (χ0v) is 15.3. The fourth-order valence-electron chi connectivity index (χ4n) is 3.39. The average molecular weight is 346 g/mol. The van der Waals surface area contributed by atoms with Gasteiger partial charge in [-0.2, -0.15) is 5.10 Å². The minimum atomic E-state index is -0.923. The van der Waals surface area contributed by atoms with Gasteiger partial charge in [-0.1, -0.05) is 24.6 Å². The molecule has 0 bridgehead atoms. The molecule has 2 atom stereocenters. The van der Waals surface area contributed by atoms with Crippen molar-refractivity contribution < 1.29 is 4.21 Å². The molecule has 24 heavy (non-hydrogen) atoms. The highest BCUT2D eigenvalue weighted by Gasteiger charge is 2.24. The zero-order chi connectivity index (χ0) is 16.9. The lowest BCUT2D eigenvalue weighted by Gasteiger charge is -2.35. The molecule has 1 aliphatic heterocycles. The Morgan fingerprint density at radius 2 is 2.00 bits per heavy atom. The Morgan fingerprint density at radius 1 is 1.21 bits per heavy atom. The normalized spacial score (nSPS) is 20.2. The zero-order valence-electron chi connectivity index (χ0n) is 14.5. The first kappa shape index (κ1) is 17.3. The molecule has 0 N–H and O–H groups in total. The quantitative estimate of drug-likeness (QED) is 0.807. The van der Waals surface area contributed by atoms with Gasteiger partial charge in [0.2, 0.25) is 0 Å². The molecule has 1 aliphatic rings. The fourth-order valence-corrected chi connectivity index (χ4v) is 4.48. The van der Waals surface area contributed by atoms with Crippen LogP contribution >= 0.6 is 0 Å². The van der Waals surface area contributed by atoms with Crippen molar-refractivity contribution in [2.75, 3.05) is 18.8 Å². The summed E-state index contributed by atoms with van der Waals surface area (Å²) in [4.78, 5) is 7.81. The third-order valence-corrected chi connectivity index (χ3v) is 6.02. The van der Waals surface area contributed by atoms with Crippen LogP contribution in [0.3, 0.4) is 0 Å². The first-order valence-electron chi connectivity index (χ1n) is 8.69. The maximum absolute atomic E-state index is 12.5. The van der Waals surface area contributed by atoms with Gasteiger partial charge in [0.25, 0.3) is 0 Å². The van der Waals surface area contributed by atoms with Crippen molar-refractivity contribution in [1.29, 1.82) is 0 Å². The summed E-state index contributed by atoms with van der Waals surface area (Å²) in [5.41, 5.74) is 0. The molecule has 5 nitrogen and oxygen atoms in total. The first-order chi connectivity index (χ1) is 11.6. The number of piperidine rings is 1. The van der Waals surface area contributed by atoms with Crippen LogP contribution in [0.4, 0.5) is 0 Å². The van der Waals surface area contributed by atoms with Crippen LogP contribution in [0.5, 0.6) is 0 Å². The van der Waals surface area contributed by atoms with Crippen LogP contribution in [0, 0.1) is 13.8 Å². The topological polar surface area (TPSA) is 51.0 Å². The highest BCUT2D eigenvalue weighted by Crippen LogP contribution is 2.19. The van der Waals surface area contributed by atoms with E-state index in [9.17, 15) is 4.21 Å². The van der Waals surface area contributed by atoms with E-state index in [1.165, 1.54) is 19.3 Å². The lowest BCUT2D eigenvalue weighted by Crippen LogP contribution is -2.44. The van der Waals surface area contributed by atoms with E-state index in [-0.39, 0.29) is 0 Å². The lowest BCUT2D eigenvalue weighted by atomic mass is 10.0. The van der Waals surface area contributed by atoms with E-state index in [4.69, 9.17) is 0 Å². The molecule has 1 aromatic carbocycles. The highest BCUT2D eigenvalue weighted by atomic mass is 32.2. The summed E-state index contributed by atoms with van der Waals surface area (Å²) in [6, 6.07) is 10.2. The Kier molecular flexibility index (Phi) is 5.79. The molecule has 1 saturated heterocycles. The Hall–Kier alpha value is -1.53. The first-order valence-corrected chi connectivity index (χ1v) is 10.0. The number of rotatable bonds is 6. The molecule has 1 fully saturated rings. The molecule has 0 saturated carbocycles. The largest absolute Gasteiger partial charge is 0.298 e. The number of nitrogens with zero attached hydrogens (tertiary/aromatic N) is 4. The van der Waals surface area contributed by atoms with Gasteiger partial charge in [0.05, 0.1) is 17.3 Å². The molecule has 6 heteroatoms. The number of likely N-dealkylation sites (tertiary alicyclic amines) is 1. The van der Waals surface area contributed by atoms with Gasteiger partial charge in [-0.15, -0.1) is 0 Å². The number of benzene rings is 1. The van der Waals surface area contributed by atoms with E-state index in [0.29, 0.717) is 11.8 Å². The maximum atomic E-state index is 12.5. The van der Waals surface area contributed by atoms with Gasteiger partial charge in [-0.25, -0.2) is 9.67 Å². The number of hydrogen-bond donors (Lipinski definition) is 0. The smallest absolute Gasteiger partial charge is 0.147 e. The van der Waals surface area contributed by atoms with E-state index in [1.54, 1.807) is 0 Å². The minimum absolute atomic E-state index is 0.464. The van der Waals surface area contributed by atoms with E-state index in [0.717, 1.165) is 36.2 Å². The third-order valence-electron chi connectivity index (χ3n) is 4.67. The van der Waals surface area contributed by atoms with Gasteiger partial charge >= 0.3 is 0 Å². The molecular formula is C18H26N4OS. The Labute approximate surface area is 146 Å². The highest BCUT2D eigenvalue weighted by molar-refractivity contribution is 7.85. The van der Waals surface area contributed by atoms with Crippen molar-refractivity contribution >= 4 is 10.8 Å². The van der Waals surface area contributed by atoms with Gasteiger partial charge in [-0.05, 0) is 45.4 Å². The molecule has 3 rings (SSSR count). The minimum Gasteiger partial charge on any atom is -0.298 e. The average Bonchev–Trinajstić information content (AvgIpc) is 2.92. The van der Waals surface area contributed by atoms with Crippen LogP contribution in [0.2, 0.25) is 0 Å². The number of aryl methyl sites for hydroxylation is 2. The molecular weight excluding hydrogens is 320 g/mol. The predicted molar refractivity (Wildman–Crippen MR) is 96.4 cm³/mol.